The van der Waals surface area contributed by atoms with Gasteiger partial charge in [-0.15, -0.1) is 0 Å². The Bertz CT molecular complexity index is 730. The molecule has 124 valence electrons. The molecule has 0 bridgehead atoms. The molecule has 0 saturated carbocycles. The summed E-state index contributed by atoms with van der Waals surface area (Å²) in [5.74, 6) is -0.530. The van der Waals surface area contributed by atoms with Gasteiger partial charge in [0.1, 0.15) is 6.04 Å². The number of primary amides is 1. The quantitative estimate of drug-likeness (QED) is 0.851. The molecule has 0 aliphatic carbocycles. The van der Waals surface area contributed by atoms with E-state index in [1.54, 1.807) is 0 Å². The van der Waals surface area contributed by atoms with E-state index in [0.717, 1.165) is 24.2 Å². The zero-order chi connectivity index (χ0) is 16.9. The summed E-state index contributed by atoms with van der Waals surface area (Å²) in [5.41, 5.74) is 8.43. The first-order valence-corrected chi connectivity index (χ1v) is 8.12. The first kappa shape index (κ1) is 16.1. The highest BCUT2D eigenvalue weighted by atomic mass is 16.2. The lowest BCUT2D eigenvalue weighted by Crippen LogP contribution is -2.41. The van der Waals surface area contributed by atoms with Crippen LogP contribution in [0.2, 0.25) is 0 Å². The molecule has 2 aromatic rings. The van der Waals surface area contributed by atoms with Crippen LogP contribution in [0.15, 0.2) is 54.6 Å². The van der Waals surface area contributed by atoms with Crippen molar-refractivity contribution >= 4 is 17.5 Å². The van der Waals surface area contributed by atoms with Crippen molar-refractivity contribution in [1.82, 2.24) is 5.32 Å². The summed E-state index contributed by atoms with van der Waals surface area (Å²) >= 11 is 0. The molecular weight excluding hydrogens is 302 g/mol. The Labute approximate surface area is 141 Å². The van der Waals surface area contributed by atoms with Crippen LogP contribution in [0.5, 0.6) is 0 Å². The van der Waals surface area contributed by atoms with Crippen molar-refractivity contribution in [2.24, 2.45) is 5.73 Å². The number of para-hydroxylation sites is 1. The Morgan fingerprint density at radius 1 is 1.08 bits per heavy atom. The summed E-state index contributed by atoms with van der Waals surface area (Å²) in [6.07, 6.45) is 1.07. The smallest absolute Gasteiger partial charge is 0.247 e. The second-order valence-corrected chi connectivity index (χ2v) is 5.89. The molecule has 1 heterocycles. The second-order valence-electron chi connectivity index (χ2n) is 5.89. The van der Waals surface area contributed by atoms with E-state index in [0.29, 0.717) is 0 Å². The van der Waals surface area contributed by atoms with Gasteiger partial charge < -0.3 is 16.0 Å². The van der Waals surface area contributed by atoms with Gasteiger partial charge in [-0.1, -0.05) is 48.5 Å². The van der Waals surface area contributed by atoms with Gasteiger partial charge in [0.05, 0.1) is 0 Å². The largest absolute Gasteiger partial charge is 0.370 e. The molecule has 1 aliphatic rings. The Balaban J connectivity index is 1.86. The molecule has 0 spiro atoms. The van der Waals surface area contributed by atoms with Gasteiger partial charge in [-0.25, -0.2) is 0 Å². The number of anilines is 1. The molecular formula is C19H21N3O2. The SMILES string of the molecule is NC(=O)CCNC(=O)[C@@H](c1ccccc1)N1CCc2ccccc21. The van der Waals surface area contributed by atoms with E-state index in [-0.39, 0.29) is 18.9 Å². The van der Waals surface area contributed by atoms with E-state index in [2.05, 4.69) is 22.3 Å². The second kappa shape index (κ2) is 7.17. The standard InChI is InChI=1S/C19H21N3O2/c20-17(23)10-12-21-19(24)18(15-7-2-1-3-8-15)22-13-11-14-6-4-5-9-16(14)22/h1-9,18H,10-13H2,(H2,20,23)(H,21,24)/t18-/m1/s1. The molecule has 2 amide bonds. The molecule has 0 unspecified atom stereocenters. The summed E-state index contributed by atoms with van der Waals surface area (Å²) in [4.78, 5) is 25.8. The fourth-order valence-corrected chi connectivity index (χ4v) is 3.15. The predicted molar refractivity (Wildman–Crippen MR) is 93.5 cm³/mol. The van der Waals surface area contributed by atoms with E-state index in [1.807, 2.05) is 42.5 Å². The predicted octanol–water partition coefficient (Wildman–Crippen LogP) is 1.78. The van der Waals surface area contributed by atoms with Crippen LogP contribution in [0.25, 0.3) is 0 Å². The van der Waals surface area contributed by atoms with Gasteiger partial charge in [-0.05, 0) is 23.6 Å². The van der Waals surface area contributed by atoms with Crippen molar-refractivity contribution in [1.29, 1.82) is 0 Å². The minimum Gasteiger partial charge on any atom is -0.370 e. The Kier molecular flexibility index (Phi) is 4.79. The molecule has 5 nitrogen and oxygen atoms in total. The van der Waals surface area contributed by atoms with Crippen molar-refractivity contribution in [3.63, 3.8) is 0 Å². The van der Waals surface area contributed by atoms with E-state index in [4.69, 9.17) is 5.73 Å². The zero-order valence-electron chi connectivity index (χ0n) is 13.4. The third-order valence-corrected chi connectivity index (χ3v) is 4.27. The van der Waals surface area contributed by atoms with Crippen LogP contribution in [-0.2, 0) is 16.0 Å². The Morgan fingerprint density at radius 3 is 2.54 bits per heavy atom. The van der Waals surface area contributed by atoms with Crippen LogP contribution < -0.4 is 16.0 Å². The normalized spacial score (nSPS) is 14.1. The third-order valence-electron chi connectivity index (χ3n) is 4.27. The summed E-state index contributed by atoms with van der Waals surface area (Å²) in [7, 11) is 0. The first-order valence-electron chi connectivity index (χ1n) is 8.12. The van der Waals surface area contributed by atoms with Crippen LogP contribution in [0, 0.1) is 0 Å². The van der Waals surface area contributed by atoms with Crippen LogP contribution in [0.4, 0.5) is 5.69 Å². The summed E-state index contributed by atoms with van der Waals surface area (Å²) in [6, 6.07) is 17.5. The van der Waals surface area contributed by atoms with Gasteiger partial charge in [-0.2, -0.15) is 0 Å². The number of rotatable bonds is 6. The maximum atomic E-state index is 12.8. The van der Waals surface area contributed by atoms with Gasteiger partial charge in [-0.3, -0.25) is 9.59 Å². The fourth-order valence-electron chi connectivity index (χ4n) is 3.15. The number of carbonyl (C=O) groups excluding carboxylic acids is 2. The summed E-state index contributed by atoms with van der Waals surface area (Å²) in [6.45, 7) is 1.05. The lowest BCUT2D eigenvalue weighted by molar-refractivity contribution is -0.122. The molecule has 0 saturated heterocycles. The number of carbonyl (C=O) groups is 2. The van der Waals surface area contributed by atoms with Crippen LogP contribution >= 0.6 is 0 Å². The minimum atomic E-state index is -0.418. The van der Waals surface area contributed by atoms with Gasteiger partial charge in [0, 0.05) is 25.2 Å². The molecule has 1 atom stereocenters. The number of hydrogen-bond acceptors (Lipinski definition) is 3. The van der Waals surface area contributed by atoms with Crippen molar-refractivity contribution in [3.05, 3.63) is 65.7 Å². The molecule has 2 aromatic carbocycles. The lowest BCUT2D eigenvalue weighted by Gasteiger charge is -2.29. The number of nitrogens with two attached hydrogens (primary N) is 1. The van der Waals surface area contributed by atoms with E-state index < -0.39 is 11.9 Å². The molecule has 1 aliphatic heterocycles. The van der Waals surface area contributed by atoms with Crippen molar-refractivity contribution in [2.45, 2.75) is 18.9 Å². The highest BCUT2D eigenvalue weighted by Crippen LogP contribution is 2.35. The summed E-state index contributed by atoms with van der Waals surface area (Å²) in [5, 5.41) is 2.84. The van der Waals surface area contributed by atoms with Crippen molar-refractivity contribution in [3.8, 4) is 0 Å². The highest BCUT2D eigenvalue weighted by Gasteiger charge is 2.31. The third kappa shape index (κ3) is 3.40. The molecule has 5 heteroatoms. The maximum Gasteiger partial charge on any atom is 0.247 e. The number of benzene rings is 2. The van der Waals surface area contributed by atoms with Gasteiger partial charge >= 0.3 is 0 Å². The highest BCUT2D eigenvalue weighted by molar-refractivity contribution is 5.88. The Morgan fingerprint density at radius 2 is 1.79 bits per heavy atom. The molecule has 0 radical (unpaired) electrons. The molecule has 3 rings (SSSR count). The first-order chi connectivity index (χ1) is 11.7. The van der Waals surface area contributed by atoms with Gasteiger partial charge in [0.15, 0.2) is 0 Å². The zero-order valence-corrected chi connectivity index (χ0v) is 13.4. The van der Waals surface area contributed by atoms with E-state index in [1.165, 1.54) is 5.56 Å². The molecule has 0 fully saturated rings. The number of hydrogen-bond donors (Lipinski definition) is 2. The van der Waals surface area contributed by atoms with Crippen molar-refractivity contribution in [2.75, 3.05) is 18.0 Å². The average Bonchev–Trinajstić information content (AvgIpc) is 3.00. The average molecular weight is 323 g/mol. The molecule has 0 aromatic heterocycles. The van der Waals surface area contributed by atoms with E-state index in [9.17, 15) is 9.59 Å². The summed E-state index contributed by atoms with van der Waals surface area (Å²) < 4.78 is 0. The monoisotopic (exact) mass is 323 g/mol. The fraction of sp³-hybridized carbons (Fsp3) is 0.263. The van der Waals surface area contributed by atoms with Crippen LogP contribution in [-0.4, -0.2) is 24.9 Å². The molecule has 24 heavy (non-hydrogen) atoms. The van der Waals surface area contributed by atoms with E-state index >= 15 is 0 Å². The lowest BCUT2D eigenvalue weighted by atomic mass is 10.0. The van der Waals surface area contributed by atoms with Crippen LogP contribution in [0.1, 0.15) is 23.6 Å². The van der Waals surface area contributed by atoms with Gasteiger partial charge in [0.2, 0.25) is 11.8 Å². The number of nitrogens with zero attached hydrogens (tertiary/aromatic N) is 1. The van der Waals surface area contributed by atoms with Gasteiger partial charge in [0.25, 0.3) is 0 Å². The topological polar surface area (TPSA) is 75.4 Å². The molecule has 3 N–H and O–H groups in total. The number of nitrogens with one attached hydrogen (secondary N) is 1. The van der Waals surface area contributed by atoms with Crippen molar-refractivity contribution < 1.29 is 9.59 Å². The van der Waals surface area contributed by atoms with Crippen LogP contribution in [0.3, 0.4) is 0 Å². The number of amides is 2. The number of fused-ring (bicyclic) bond motifs is 1. The minimum absolute atomic E-state index is 0.112. The maximum absolute atomic E-state index is 12.8. The Hall–Kier alpha value is -2.82.